The molecular formula is C13H16FNO3. The largest absolute Gasteiger partial charge is 0.488 e. The minimum atomic E-state index is -0.675. The number of rotatable bonds is 2. The fourth-order valence-corrected chi connectivity index (χ4v) is 2.67. The van der Waals surface area contributed by atoms with Gasteiger partial charge in [-0.05, 0) is 18.2 Å². The van der Waals surface area contributed by atoms with Crippen molar-refractivity contribution < 1.29 is 19.3 Å². The van der Waals surface area contributed by atoms with E-state index in [0.717, 1.165) is 11.3 Å². The molecule has 98 valence electrons. The molecule has 0 saturated carbocycles. The number of nitrogens with zero attached hydrogens (tertiary/aromatic N) is 1. The Morgan fingerprint density at radius 3 is 2.72 bits per heavy atom. The summed E-state index contributed by atoms with van der Waals surface area (Å²) < 4.78 is 18.8. The van der Waals surface area contributed by atoms with Crippen molar-refractivity contribution in [3.63, 3.8) is 0 Å². The molecule has 0 aromatic heterocycles. The zero-order valence-corrected chi connectivity index (χ0v) is 9.92. The monoisotopic (exact) mass is 253 g/mol. The number of hydrogen-bond acceptors (Lipinski definition) is 4. The topological polar surface area (TPSA) is 52.9 Å². The fraction of sp³-hybridized carbons (Fsp3) is 0.538. The predicted molar refractivity (Wildman–Crippen MR) is 63.0 cm³/mol. The molecule has 2 heterocycles. The smallest absolute Gasteiger partial charge is 0.123 e. The van der Waals surface area contributed by atoms with Crippen LogP contribution < -0.4 is 4.74 Å². The third-order valence-electron chi connectivity index (χ3n) is 3.56. The Hall–Kier alpha value is -1.17. The van der Waals surface area contributed by atoms with Gasteiger partial charge < -0.3 is 14.9 Å². The first-order chi connectivity index (χ1) is 8.61. The molecule has 1 aromatic rings. The van der Waals surface area contributed by atoms with E-state index in [1.54, 1.807) is 6.07 Å². The van der Waals surface area contributed by atoms with Crippen molar-refractivity contribution in [2.45, 2.75) is 24.7 Å². The van der Waals surface area contributed by atoms with Crippen LogP contribution in [0.15, 0.2) is 18.2 Å². The summed E-state index contributed by atoms with van der Waals surface area (Å²) in [6.45, 7) is 1.57. The minimum Gasteiger partial charge on any atom is -0.488 e. The average molecular weight is 253 g/mol. The third-order valence-corrected chi connectivity index (χ3v) is 3.56. The highest BCUT2D eigenvalue weighted by atomic mass is 19.1. The van der Waals surface area contributed by atoms with Crippen LogP contribution in [0.25, 0.3) is 0 Å². The van der Waals surface area contributed by atoms with Gasteiger partial charge in [0, 0.05) is 31.6 Å². The van der Waals surface area contributed by atoms with Gasteiger partial charge in [-0.2, -0.15) is 0 Å². The summed E-state index contributed by atoms with van der Waals surface area (Å²) in [5.74, 6) is 0.492. The van der Waals surface area contributed by atoms with E-state index in [-0.39, 0.29) is 11.9 Å². The van der Waals surface area contributed by atoms with Crippen molar-refractivity contribution in [1.82, 2.24) is 4.90 Å². The highest BCUT2D eigenvalue weighted by Gasteiger charge is 2.33. The molecule has 1 aromatic carbocycles. The lowest BCUT2D eigenvalue weighted by Crippen LogP contribution is -2.34. The summed E-state index contributed by atoms with van der Waals surface area (Å²) in [5.41, 5.74) is 0.889. The van der Waals surface area contributed by atoms with Crippen LogP contribution in [0.4, 0.5) is 4.39 Å². The van der Waals surface area contributed by atoms with Crippen LogP contribution in [0.2, 0.25) is 0 Å². The summed E-state index contributed by atoms with van der Waals surface area (Å²) >= 11 is 0. The lowest BCUT2D eigenvalue weighted by atomic mass is 10.1. The van der Waals surface area contributed by atoms with E-state index < -0.39 is 12.2 Å². The summed E-state index contributed by atoms with van der Waals surface area (Å²) in [7, 11) is 0. The maximum absolute atomic E-state index is 13.1. The van der Waals surface area contributed by atoms with Gasteiger partial charge in [-0.25, -0.2) is 4.39 Å². The van der Waals surface area contributed by atoms with Gasteiger partial charge in [-0.15, -0.1) is 0 Å². The molecule has 4 nitrogen and oxygen atoms in total. The number of benzene rings is 1. The number of ether oxygens (including phenoxy) is 1. The summed E-state index contributed by atoms with van der Waals surface area (Å²) in [4.78, 5) is 1.97. The third kappa shape index (κ3) is 2.21. The quantitative estimate of drug-likeness (QED) is 0.788. The van der Waals surface area contributed by atoms with Crippen LogP contribution in [0.5, 0.6) is 5.75 Å². The van der Waals surface area contributed by atoms with E-state index in [1.165, 1.54) is 12.1 Å². The molecule has 0 bridgehead atoms. The second-order valence-electron chi connectivity index (χ2n) is 5.05. The number of hydrogen-bond donors (Lipinski definition) is 2. The Kier molecular flexibility index (Phi) is 2.97. The van der Waals surface area contributed by atoms with Crippen molar-refractivity contribution in [2.24, 2.45) is 0 Å². The molecule has 18 heavy (non-hydrogen) atoms. The lowest BCUT2D eigenvalue weighted by Gasteiger charge is -2.19. The van der Waals surface area contributed by atoms with E-state index >= 15 is 0 Å². The standard InChI is InChI=1S/C13H16FNO3/c14-9-1-2-13-8(3-9)4-10(18-13)5-15-6-11(16)12(17)7-15/h1-3,10-12,16-17H,4-7H2. The van der Waals surface area contributed by atoms with E-state index in [2.05, 4.69) is 0 Å². The second-order valence-corrected chi connectivity index (χ2v) is 5.05. The highest BCUT2D eigenvalue weighted by Crippen LogP contribution is 2.30. The molecule has 0 radical (unpaired) electrons. The van der Waals surface area contributed by atoms with Crippen molar-refractivity contribution in [3.05, 3.63) is 29.6 Å². The first kappa shape index (κ1) is 11.9. The van der Waals surface area contributed by atoms with E-state index in [9.17, 15) is 14.6 Å². The summed E-state index contributed by atoms with van der Waals surface area (Å²) in [6.07, 6.45) is -0.702. The van der Waals surface area contributed by atoms with E-state index in [1.807, 2.05) is 4.90 Å². The van der Waals surface area contributed by atoms with Crippen LogP contribution in [-0.4, -0.2) is 53.1 Å². The lowest BCUT2D eigenvalue weighted by molar-refractivity contribution is 0.0572. The summed E-state index contributed by atoms with van der Waals surface area (Å²) in [5, 5.41) is 18.9. The van der Waals surface area contributed by atoms with Gasteiger partial charge in [0.05, 0.1) is 12.2 Å². The molecule has 3 rings (SSSR count). The van der Waals surface area contributed by atoms with E-state index in [4.69, 9.17) is 4.74 Å². The number of halogens is 1. The Balaban J connectivity index is 1.61. The molecule has 2 aliphatic rings. The molecule has 0 amide bonds. The molecule has 1 fully saturated rings. The zero-order valence-electron chi connectivity index (χ0n) is 9.92. The van der Waals surface area contributed by atoms with Crippen LogP contribution >= 0.6 is 0 Å². The van der Waals surface area contributed by atoms with Crippen LogP contribution in [-0.2, 0) is 6.42 Å². The summed E-state index contributed by atoms with van der Waals surface area (Å²) in [6, 6.07) is 4.55. The maximum Gasteiger partial charge on any atom is 0.123 e. The second kappa shape index (κ2) is 4.50. The van der Waals surface area contributed by atoms with Crippen molar-refractivity contribution in [2.75, 3.05) is 19.6 Å². The van der Waals surface area contributed by atoms with Crippen LogP contribution in [0.3, 0.4) is 0 Å². The maximum atomic E-state index is 13.1. The number of fused-ring (bicyclic) bond motifs is 1. The average Bonchev–Trinajstić information content (AvgIpc) is 2.82. The van der Waals surface area contributed by atoms with Gasteiger partial charge in [0.15, 0.2) is 0 Å². The Morgan fingerprint density at radius 2 is 2.00 bits per heavy atom. The molecule has 3 atom stereocenters. The molecule has 2 aliphatic heterocycles. The molecular weight excluding hydrogens is 237 g/mol. The molecule has 2 N–H and O–H groups in total. The molecule has 0 spiro atoms. The van der Waals surface area contributed by atoms with Crippen molar-refractivity contribution >= 4 is 0 Å². The van der Waals surface area contributed by atoms with Crippen molar-refractivity contribution in [3.8, 4) is 5.75 Å². The number of likely N-dealkylation sites (tertiary alicyclic amines) is 1. The molecule has 3 unspecified atom stereocenters. The van der Waals surface area contributed by atoms with Gasteiger partial charge >= 0.3 is 0 Å². The van der Waals surface area contributed by atoms with Crippen LogP contribution in [0, 0.1) is 5.82 Å². The van der Waals surface area contributed by atoms with Gasteiger partial charge in [0.2, 0.25) is 0 Å². The zero-order chi connectivity index (χ0) is 12.7. The minimum absolute atomic E-state index is 0.0284. The van der Waals surface area contributed by atoms with Gasteiger partial charge in [-0.3, -0.25) is 4.90 Å². The number of aliphatic hydroxyl groups excluding tert-OH is 2. The SMILES string of the molecule is OC1CN(CC2Cc3cc(F)ccc3O2)CC1O. The van der Waals surface area contributed by atoms with Crippen LogP contribution in [0.1, 0.15) is 5.56 Å². The number of aliphatic hydroxyl groups is 2. The van der Waals surface area contributed by atoms with E-state index in [0.29, 0.717) is 26.1 Å². The van der Waals surface area contributed by atoms with Gasteiger partial charge in [0.1, 0.15) is 17.7 Å². The van der Waals surface area contributed by atoms with Gasteiger partial charge in [0.25, 0.3) is 0 Å². The Labute approximate surface area is 105 Å². The van der Waals surface area contributed by atoms with Gasteiger partial charge in [-0.1, -0.05) is 0 Å². The highest BCUT2D eigenvalue weighted by molar-refractivity contribution is 5.37. The predicted octanol–water partition coefficient (Wildman–Crippen LogP) is 0.167. The number of β-amino-alcohol motifs (C(OH)–C–C–N with tert-alkyl or cyclic N) is 2. The molecule has 1 saturated heterocycles. The van der Waals surface area contributed by atoms with Crippen molar-refractivity contribution in [1.29, 1.82) is 0 Å². The first-order valence-electron chi connectivity index (χ1n) is 6.15. The Bertz CT molecular complexity index is 444. The normalized spacial score (nSPS) is 31.4. The molecule has 0 aliphatic carbocycles. The molecule has 5 heteroatoms. The Morgan fingerprint density at radius 1 is 1.28 bits per heavy atom. The first-order valence-corrected chi connectivity index (χ1v) is 6.15. The fourth-order valence-electron chi connectivity index (χ4n) is 2.67.